The molecule has 0 saturated carbocycles. The monoisotopic (exact) mass is 1030 g/mol. The number of nitrogens with one attached hydrogen (secondary N) is 4. The first kappa shape index (κ1) is 61.0. The van der Waals surface area contributed by atoms with E-state index in [0.717, 1.165) is 11.2 Å². The average molecular weight is 1030 g/mol. The van der Waals surface area contributed by atoms with Crippen molar-refractivity contribution in [1.82, 2.24) is 69.7 Å². The van der Waals surface area contributed by atoms with Crippen LogP contribution < -0.4 is 33.4 Å². The van der Waals surface area contributed by atoms with Crippen LogP contribution in [0.15, 0.2) is 131 Å². The molecule has 22 heteroatoms. The molecule has 8 rings (SSSR count). The number of nitrogens with zero attached hydrogens (tertiary/aromatic N) is 12. The molecular weight excluding hydrogens is 951 g/mol. The Morgan fingerprint density at radius 3 is 1.65 bits per heavy atom. The number of anilines is 1. The maximum Gasteiger partial charge on any atom is 0.276 e. The van der Waals surface area contributed by atoms with Crippen molar-refractivity contribution in [2.24, 2.45) is 21.5 Å². The molecule has 4 aromatic heterocycles. The summed E-state index contributed by atoms with van der Waals surface area (Å²) in [6.45, 7) is 52.0. The molecule has 0 bridgehead atoms. The third-order valence-electron chi connectivity index (χ3n) is 10.7. The fourth-order valence-corrected chi connectivity index (χ4v) is 6.90. The number of fused-ring (bicyclic) bond motifs is 2. The summed E-state index contributed by atoms with van der Waals surface area (Å²) >= 11 is 0. The van der Waals surface area contributed by atoms with E-state index < -0.39 is 0 Å². The van der Waals surface area contributed by atoms with Crippen LogP contribution in [0.5, 0.6) is 0 Å². The van der Waals surface area contributed by atoms with Gasteiger partial charge in [0.05, 0.1) is 12.7 Å². The number of hydrogen-bond acceptors (Lipinski definition) is 17. The Labute approximate surface area is 441 Å². The Hall–Kier alpha value is -8.30. The van der Waals surface area contributed by atoms with Crippen LogP contribution in [-0.2, 0) is 15.1 Å². The maximum absolute atomic E-state index is 11.2. The third-order valence-corrected chi connectivity index (χ3v) is 10.7. The van der Waals surface area contributed by atoms with E-state index in [1.54, 1.807) is 32.5 Å². The number of aromatic nitrogens is 8. The molecular formula is C53H81N19O3. The number of nitrogen functional groups attached to an aromatic ring is 1. The van der Waals surface area contributed by atoms with Crippen LogP contribution in [0.4, 0.5) is 5.82 Å². The SMILES string of the molecule is C=C1N=C(N)C(C)=CN1C(C)(C)C.C=C1N=C(N)C=CN1C(C)(C)C.C=C1NC(=O)C(C)=CN1C(C)(C)C.C=C1NC(=O)C=CN1C(C)(C)C.CC(C)(C)n1cnc2c(N)ncnc21.Cc1nc2nc[nH]c2c(=O)[nH]1. The summed E-state index contributed by atoms with van der Waals surface area (Å²) in [7, 11) is 0. The Morgan fingerprint density at radius 2 is 1.12 bits per heavy atom. The Kier molecular flexibility index (Phi) is 19.3. The first-order valence-electron chi connectivity index (χ1n) is 24.0. The van der Waals surface area contributed by atoms with Crippen LogP contribution in [-0.4, -0.2) is 105 Å². The van der Waals surface area contributed by atoms with Crippen LogP contribution in [0.25, 0.3) is 22.3 Å². The van der Waals surface area contributed by atoms with Crippen molar-refractivity contribution in [2.45, 2.75) is 152 Å². The highest BCUT2D eigenvalue weighted by Crippen LogP contribution is 2.26. The highest BCUT2D eigenvalue weighted by Gasteiger charge is 2.28. The number of amidine groups is 2. The number of rotatable bonds is 0. The second kappa shape index (κ2) is 23.7. The summed E-state index contributed by atoms with van der Waals surface area (Å²) in [5.74, 6) is 4.58. The molecule has 0 radical (unpaired) electrons. The van der Waals surface area contributed by atoms with Gasteiger partial charge < -0.3 is 62.0 Å². The molecule has 0 fully saturated rings. The predicted molar refractivity (Wildman–Crippen MR) is 302 cm³/mol. The van der Waals surface area contributed by atoms with Gasteiger partial charge >= 0.3 is 0 Å². The zero-order valence-electron chi connectivity index (χ0n) is 47.3. The molecule has 4 aliphatic rings. The minimum Gasteiger partial charge on any atom is -0.384 e. The van der Waals surface area contributed by atoms with Gasteiger partial charge in [-0.1, -0.05) is 26.3 Å². The molecule has 0 aliphatic carbocycles. The minimum absolute atomic E-state index is 0.00252. The first-order chi connectivity index (χ1) is 34.2. The largest absolute Gasteiger partial charge is 0.384 e. The van der Waals surface area contributed by atoms with Gasteiger partial charge in [-0.05, 0) is 131 Å². The average Bonchev–Trinajstić information content (AvgIpc) is 3.92. The molecule has 4 aromatic rings. The number of carbonyl (C=O) groups is 2. The minimum atomic E-state index is -0.176. The van der Waals surface area contributed by atoms with E-state index in [0.29, 0.717) is 68.9 Å². The number of aliphatic imine (C=N–C) groups is 2. The van der Waals surface area contributed by atoms with Gasteiger partial charge in [0.2, 0.25) is 0 Å². The van der Waals surface area contributed by atoms with Gasteiger partial charge in [0.25, 0.3) is 17.4 Å². The van der Waals surface area contributed by atoms with Crippen molar-refractivity contribution in [3.8, 4) is 0 Å². The molecule has 0 aromatic carbocycles. The fourth-order valence-electron chi connectivity index (χ4n) is 6.90. The van der Waals surface area contributed by atoms with Crippen LogP contribution in [0.2, 0.25) is 0 Å². The summed E-state index contributed by atoms with van der Waals surface area (Å²) in [4.78, 5) is 74.7. The normalized spacial score (nSPS) is 16.0. The van der Waals surface area contributed by atoms with E-state index in [4.69, 9.17) is 17.2 Å². The number of aromatic amines is 2. The van der Waals surface area contributed by atoms with Gasteiger partial charge in [0.1, 0.15) is 52.6 Å². The summed E-state index contributed by atoms with van der Waals surface area (Å²) < 4.78 is 1.99. The molecule has 406 valence electrons. The van der Waals surface area contributed by atoms with Crippen molar-refractivity contribution >= 4 is 51.6 Å². The third kappa shape index (κ3) is 17.1. The Balaban J connectivity index is 0.000000237. The standard InChI is InChI=1S/C10H17N3.C10H16N2O.C9H13N5.C9H15N3.C9H14N2O.C6H6N4O/c1-7-6-13(10(3,4)5)8(2)12-9(7)11;1-7-6-12(10(3,4)5)8(2)11-9(7)13;1-9(2,3)14-5-13-6-7(10)11-4-12-8(6)14;1-7-11-8(10)5-6-12(7)9(2,3)4;1-7-10-8(12)5-6-11(7)9(2,3)4;1-3-9-5-4(6(11)10-3)7-2-8-5/h6H,2H2,1,3-5H3,(H2,11,12);6H,2H2,1,3-5H3,(H,11,13);4-5H,1-3H3,(H2,10,11,12);5-6H,1H2,2-4H3,(H2,10,11);5-6H,1H2,2-4H3,(H,10,12);2H,1H3,(H2,7,8,9,10,11). The van der Waals surface area contributed by atoms with Gasteiger partial charge in [-0.3, -0.25) is 14.4 Å². The molecule has 22 nitrogen and oxygen atoms in total. The molecule has 8 heterocycles. The first-order valence-corrected chi connectivity index (χ1v) is 24.0. The molecule has 2 amide bonds. The molecule has 0 unspecified atom stereocenters. The van der Waals surface area contributed by atoms with E-state index in [1.807, 2.05) is 49.7 Å². The second-order valence-corrected chi connectivity index (χ2v) is 22.6. The zero-order chi connectivity index (χ0) is 57.3. The summed E-state index contributed by atoms with van der Waals surface area (Å²) in [5.41, 5.74) is 20.6. The lowest BCUT2D eigenvalue weighted by Crippen LogP contribution is -2.46. The highest BCUT2D eigenvalue weighted by molar-refractivity contribution is 5.97. The van der Waals surface area contributed by atoms with Gasteiger partial charge in [-0.25, -0.2) is 34.9 Å². The summed E-state index contributed by atoms with van der Waals surface area (Å²) in [5, 5.41) is 5.35. The Bertz CT molecular complexity index is 3020. The highest BCUT2D eigenvalue weighted by atomic mass is 16.2. The van der Waals surface area contributed by atoms with E-state index in [1.165, 1.54) is 18.7 Å². The lowest BCUT2D eigenvalue weighted by atomic mass is 10.1. The lowest BCUT2D eigenvalue weighted by Gasteiger charge is -2.38. The van der Waals surface area contributed by atoms with Crippen molar-refractivity contribution in [3.63, 3.8) is 0 Å². The summed E-state index contributed by atoms with van der Waals surface area (Å²) in [6, 6.07) is 0. The number of imidazole rings is 2. The van der Waals surface area contributed by atoms with Crippen LogP contribution >= 0.6 is 0 Å². The van der Waals surface area contributed by atoms with Crippen LogP contribution in [0.1, 0.15) is 124 Å². The molecule has 0 saturated heterocycles. The van der Waals surface area contributed by atoms with E-state index >= 15 is 0 Å². The second-order valence-electron chi connectivity index (χ2n) is 22.6. The Morgan fingerprint density at radius 1 is 0.587 bits per heavy atom. The smallest absolute Gasteiger partial charge is 0.276 e. The van der Waals surface area contributed by atoms with Crippen LogP contribution in [0.3, 0.4) is 0 Å². The van der Waals surface area contributed by atoms with Crippen LogP contribution in [0, 0.1) is 6.92 Å². The molecule has 0 atom stereocenters. The topological polar surface area (TPSA) is 292 Å². The van der Waals surface area contributed by atoms with Crippen molar-refractivity contribution in [1.29, 1.82) is 0 Å². The lowest BCUT2D eigenvalue weighted by molar-refractivity contribution is -0.118. The maximum atomic E-state index is 11.2. The number of carbonyl (C=O) groups excluding carboxylic acids is 2. The fraction of sp³-hybridized carbons (Fsp3) is 0.434. The molecule has 10 N–H and O–H groups in total. The molecule has 0 spiro atoms. The van der Waals surface area contributed by atoms with Gasteiger partial charge in [-0.2, -0.15) is 0 Å². The quantitative estimate of drug-likeness (QED) is 0.0917. The van der Waals surface area contributed by atoms with Crippen molar-refractivity contribution in [2.75, 3.05) is 5.73 Å². The molecule has 4 aliphatic heterocycles. The van der Waals surface area contributed by atoms with E-state index in [-0.39, 0.29) is 45.1 Å². The van der Waals surface area contributed by atoms with Gasteiger partial charge in [0, 0.05) is 69.7 Å². The number of nitrogens with two attached hydrogens (primary N) is 3. The zero-order valence-corrected chi connectivity index (χ0v) is 47.3. The summed E-state index contributed by atoms with van der Waals surface area (Å²) in [6.07, 6.45) is 15.4. The van der Waals surface area contributed by atoms with Gasteiger partial charge in [-0.15, -0.1) is 0 Å². The number of aryl methyl sites for hydroxylation is 1. The number of H-pyrrole nitrogens is 2. The van der Waals surface area contributed by atoms with Crippen molar-refractivity contribution in [3.05, 3.63) is 133 Å². The number of hydrogen-bond donors (Lipinski definition) is 7. The number of amides is 2. The predicted octanol–water partition coefficient (Wildman–Crippen LogP) is 7.19. The van der Waals surface area contributed by atoms with E-state index in [2.05, 4.69) is 186 Å². The van der Waals surface area contributed by atoms with Crippen molar-refractivity contribution < 1.29 is 9.59 Å². The molecule has 75 heavy (non-hydrogen) atoms. The van der Waals surface area contributed by atoms with E-state index in [9.17, 15) is 14.4 Å². The van der Waals surface area contributed by atoms with Gasteiger partial charge in [0.15, 0.2) is 22.6 Å².